The molecule has 1 saturated heterocycles. The lowest BCUT2D eigenvalue weighted by Crippen LogP contribution is -2.45. The van der Waals surface area contributed by atoms with Crippen molar-refractivity contribution in [1.82, 2.24) is 10.2 Å². The lowest BCUT2D eigenvalue weighted by Gasteiger charge is -2.36. The van der Waals surface area contributed by atoms with Gasteiger partial charge in [0.15, 0.2) is 0 Å². The maximum atomic E-state index is 5.21. The van der Waals surface area contributed by atoms with Crippen molar-refractivity contribution in [3.63, 3.8) is 0 Å². The van der Waals surface area contributed by atoms with Crippen LogP contribution in [0, 0.1) is 18.3 Å². The molecule has 2 atom stereocenters. The third-order valence-corrected chi connectivity index (χ3v) is 3.42. The standard InChI is InChI=1S/C13H24N2/c1-4-8-14-10-12(3)15-9-6-7-13(5-2)11-15/h1,12-14H,5-11H2,2-3H3. The molecule has 0 aromatic rings. The largest absolute Gasteiger partial charge is 0.305 e. The summed E-state index contributed by atoms with van der Waals surface area (Å²) in [7, 11) is 0. The molecule has 1 rings (SSSR count). The lowest BCUT2D eigenvalue weighted by molar-refractivity contribution is 0.128. The number of nitrogens with zero attached hydrogens (tertiary/aromatic N) is 1. The summed E-state index contributed by atoms with van der Waals surface area (Å²) < 4.78 is 0. The Bertz CT molecular complexity index is 207. The van der Waals surface area contributed by atoms with E-state index in [9.17, 15) is 0 Å². The predicted octanol–water partition coefficient (Wildman–Crippen LogP) is 1.72. The third kappa shape index (κ3) is 4.24. The molecule has 0 radical (unpaired) electrons. The summed E-state index contributed by atoms with van der Waals surface area (Å²) in [5.74, 6) is 3.53. The van der Waals surface area contributed by atoms with Crippen LogP contribution in [0.2, 0.25) is 0 Å². The normalized spacial score (nSPS) is 24.7. The first-order valence-corrected chi connectivity index (χ1v) is 6.16. The molecule has 1 heterocycles. The average molecular weight is 208 g/mol. The van der Waals surface area contributed by atoms with Gasteiger partial charge in [-0.25, -0.2) is 0 Å². The fourth-order valence-electron chi connectivity index (χ4n) is 2.31. The maximum absolute atomic E-state index is 5.21. The van der Waals surface area contributed by atoms with E-state index >= 15 is 0 Å². The zero-order valence-corrected chi connectivity index (χ0v) is 10.1. The molecule has 1 N–H and O–H groups in total. The van der Waals surface area contributed by atoms with Crippen molar-refractivity contribution in [3.8, 4) is 12.3 Å². The summed E-state index contributed by atoms with van der Waals surface area (Å²) >= 11 is 0. The zero-order valence-electron chi connectivity index (χ0n) is 10.1. The SMILES string of the molecule is C#CCNCC(C)N1CCCC(CC)C1. The Morgan fingerprint density at radius 3 is 3.07 bits per heavy atom. The van der Waals surface area contributed by atoms with Crippen molar-refractivity contribution in [2.75, 3.05) is 26.2 Å². The van der Waals surface area contributed by atoms with Crippen LogP contribution in [0.4, 0.5) is 0 Å². The van der Waals surface area contributed by atoms with E-state index in [1.807, 2.05) is 0 Å². The van der Waals surface area contributed by atoms with E-state index in [2.05, 4.69) is 30.0 Å². The molecule has 0 spiro atoms. The van der Waals surface area contributed by atoms with Gasteiger partial charge in [-0.15, -0.1) is 6.42 Å². The van der Waals surface area contributed by atoms with E-state index in [0.29, 0.717) is 12.6 Å². The van der Waals surface area contributed by atoms with Crippen LogP contribution in [-0.4, -0.2) is 37.1 Å². The Hall–Kier alpha value is -0.520. The Balaban J connectivity index is 2.26. The minimum Gasteiger partial charge on any atom is -0.305 e. The number of nitrogens with one attached hydrogen (secondary N) is 1. The lowest BCUT2D eigenvalue weighted by atomic mass is 9.95. The van der Waals surface area contributed by atoms with Crippen LogP contribution >= 0.6 is 0 Å². The average Bonchev–Trinajstić information content (AvgIpc) is 2.29. The van der Waals surface area contributed by atoms with Gasteiger partial charge in [0.2, 0.25) is 0 Å². The first-order chi connectivity index (χ1) is 7.27. The smallest absolute Gasteiger partial charge is 0.0574 e. The quantitative estimate of drug-likeness (QED) is 0.547. The summed E-state index contributed by atoms with van der Waals surface area (Å²) in [5.41, 5.74) is 0. The van der Waals surface area contributed by atoms with E-state index in [4.69, 9.17) is 6.42 Å². The number of rotatable bonds is 5. The van der Waals surface area contributed by atoms with Gasteiger partial charge in [0, 0.05) is 19.1 Å². The molecule has 86 valence electrons. The highest BCUT2D eigenvalue weighted by atomic mass is 15.2. The highest BCUT2D eigenvalue weighted by molar-refractivity contribution is 4.87. The van der Waals surface area contributed by atoms with Gasteiger partial charge in [-0.2, -0.15) is 0 Å². The molecule has 1 aliphatic rings. The summed E-state index contributed by atoms with van der Waals surface area (Å²) in [6.45, 7) is 8.83. The number of terminal acetylenes is 1. The number of hydrogen-bond acceptors (Lipinski definition) is 2. The second-order valence-electron chi connectivity index (χ2n) is 4.60. The minimum atomic E-state index is 0.618. The minimum absolute atomic E-state index is 0.618. The molecular weight excluding hydrogens is 184 g/mol. The van der Waals surface area contributed by atoms with Crippen molar-refractivity contribution >= 4 is 0 Å². The van der Waals surface area contributed by atoms with Crippen molar-refractivity contribution in [3.05, 3.63) is 0 Å². The van der Waals surface area contributed by atoms with E-state index < -0.39 is 0 Å². The molecule has 0 aromatic carbocycles. The van der Waals surface area contributed by atoms with Crippen LogP contribution in [0.25, 0.3) is 0 Å². The first-order valence-electron chi connectivity index (χ1n) is 6.16. The Morgan fingerprint density at radius 1 is 1.60 bits per heavy atom. The van der Waals surface area contributed by atoms with Crippen molar-refractivity contribution in [2.24, 2.45) is 5.92 Å². The number of likely N-dealkylation sites (tertiary alicyclic amines) is 1. The summed E-state index contributed by atoms with van der Waals surface area (Å²) in [5, 5.41) is 3.29. The Labute approximate surface area is 94.4 Å². The number of piperidine rings is 1. The fraction of sp³-hybridized carbons (Fsp3) is 0.846. The fourth-order valence-corrected chi connectivity index (χ4v) is 2.31. The highest BCUT2D eigenvalue weighted by Crippen LogP contribution is 2.20. The van der Waals surface area contributed by atoms with E-state index in [0.717, 1.165) is 12.5 Å². The van der Waals surface area contributed by atoms with E-state index in [-0.39, 0.29) is 0 Å². The zero-order chi connectivity index (χ0) is 11.1. The highest BCUT2D eigenvalue weighted by Gasteiger charge is 2.21. The second kappa shape index (κ2) is 6.87. The predicted molar refractivity (Wildman–Crippen MR) is 65.8 cm³/mol. The van der Waals surface area contributed by atoms with Gasteiger partial charge in [-0.1, -0.05) is 19.3 Å². The number of hydrogen-bond donors (Lipinski definition) is 1. The van der Waals surface area contributed by atoms with Gasteiger partial charge in [0.05, 0.1) is 6.54 Å². The second-order valence-corrected chi connectivity index (χ2v) is 4.60. The van der Waals surface area contributed by atoms with Gasteiger partial charge in [-0.05, 0) is 32.2 Å². The molecule has 1 aliphatic heterocycles. The van der Waals surface area contributed by atoms with E-state index in [1.165, 1.54) is 32.4 Å². The van der Waals surface area contributed by atoms with Crippen LogP contribution in [0.1, 0.15) is 33.1 Å². The van der Waals surface area contributed by atoms with Crippen LogP contribution in [0.3, 0.4) is 0 Å². The molecule has 0 aromatic heterocycles. The van der Waals surface area contributed by atoms with Crippen molar-refractivity contribution in [1.29, 1.82) is 0 Å². The molecule has 0 bridgehead atoms. The first kappa shape index (κ1) is 12.5. The van der Waals surface area contributed by atoms with Gasteiger partial charge < -0.3 is 5.32 Å². The van der Waals surface area contributed by atoms with Crippen molar-refractivity contribution < 1.29 is 0 Å². The van der Waals surface area contributed by atoms with Crippen LogP contribution in [-0.2, 0) is 0 Å². The van der Waals surface area contributed by atoms with Gasteiger partial charge >= 0.3 is 0 Å². The van der Waals surface area contributed by atoms with Crippen molar-refractivity contribution in [2.45, 2.75) is 39.2 Å². The molecule has 2 unspecified atom stereocenters. The maximum Gasteiger partial charge on any atom is 0.0574 e. The van der Waals surface area contributed by atoms with Gasteiger partial charge in [-0.3, -0.25) is 4.90 Å². The topological polar surface area (TPSA) is 15.3 Å². The molecule has 2 nitrogen and oxygen atoms in total. The summed E-state index contributed by atoms with van der Waals surface area (Å²) in [4.78, 5) is 2.60. The third-order valence-electron chi connectivity index (χ3n) is 3.42. The Morgan fingerprint density at radius 2 is 2.40 bits per heavy atom. The van der Waals surface area contributed by atoms with Gasteiger partial charge in [0.25, 0.3) is 0 Å². The van der Waals surface area contributed by atoms with Crippen LogP contribution < -0.4 is 5.32 Å². The molecule has 2 heteroatoms. The van der Waals surface area contributed by atoms with Crippen LogP contribution in [0.5, 0.6) is 0 Å². The van der Waals surface area contributed by atoms with E-state index in [1.54, 1.807) is 0 Å². The van der Waals surface area contributed by atoms with Gasteiger partial charge in [0.1, 0.15) is 0 Å². The van der Waals surface area contributed by atoms with Crippen LogP contribution in [0.15, 0.2) is 0 Å². The summed E-state index contributed by atoms with van der Waals surface area (Å²) in [6, 6.07) is 0.618. The summed E-state index contributed by atoms with van der Waals surface area (Å²) in [6.07, 6.45) is 9.30. The Kier molecular flexibility index (Phi) is 5.75. The molecule has 15 heavy (non-hydrogen) atoms. The monoisotopic (exact) mass is 208 g/mol. The molecule has 1 fully saturated rings. The molecular formula is C13H24N2. The molecule has 0 aliphatic carbocycles. The molecule has 0 saturated carbocycles. The molecule has 0 amide bonds.